The van der Waals surface area contributed by atoms with Crippen molar-refractivity contribution in [3.05, 3.63) is 65.7 Å². The summed E-state index contributed by atoms with van der Waals surface area (Å²) in [6, 6.07) is 15.6. The van der Waals surface area contributed by atoms with Crippen molar-refractivity contribution in [2.75, 3.05) is 39.8 Å². The second-order valence-electron chi connectivity index (χ2n) is 13.9. The SMILES string of the molecule is CC(C)C[C@@H](NC(=O)c1ccccc1OCC(=O)NC1(C)CC1)C(=O)N1CCC[C@@H]1C(=O)N1CCN(C)C[C@H]1Cc1ccccc1. The molecule has 248 valence electrons. The number of hydrogen-bond donors (Lipinski definition) is 2. The molecule has 46 heavy (non-hydrogen) atoms. The van der Waals surface area contributed by atoms with Crippen LogP contribution in [0.4, 0.5) is 0 Å². The average molecular weight is 632 g/mol. The Bertz CT molecular complexity index is 1390. The van der Waals surface area contributed by atoms with Gasteiger partial charge in [0.05, 0.1) is 5.56 Å². The molecule has 2 N–H and O–H groups in total. The Morgan fingerprint density at radius 3 is 2.39 bits per heavy atom. The zero-order valence-electron chi connectivity index (χ0n) is 27.7. The minimum absolute atomic E-state index is 0.00779. The largest absolute Gasteiger partial charge is 0.483 e. The fraction of sp³-hybridized carbons (Fsp3) is 0.556. The summed E-state index contributed by atoms with van der Waals surface area (Å²) in [6.45, 7) is 8.45. The second kappa shape index (κ2) is 14.7. The van der Waals surface area contributed by atoms with Gasteiger partial charge in [-0.2, -0.15) is 0 Å². The molecule has 2 heterocycles. The zero-order chi connectivity index (χ0) is 32.8. The third kappa shape index (κ3) is 8.46. The van der Waals surface area contributed by atoms with Crippen molar-refractivity contribution in [3.8, 4) is 5.75 Å². The number of likely N-dealkylation sites (N-methyl/N-ethyl adjacent to an activating group) is 1. The summed E-state index contributed by atoms with van der Waals surface area (Å²) in [7, 11) is 2.08. The summed E-state index contributed by atoms with van der Waals surface area (Å²) in [6.07, 6.45) is 4.41. The second-order valence-corrected chi connectivity index (χ2v) is 13.9. The molecule has 2 aliphatic heterocycles. The molecule has 0 bridgehead atoms. The molecule has 2 aromatic carbocycles. The van der Waals surface area contributed by atoms with Gasteiger partial charge in [-0.15, -0.1) is 0 Å². The summed E-state index contributed by atoms with van der Waals surface area (Å²) in [5.41, 5.74) is 1.27. The summed E-state index contributed by atoms with van der Waals surface area (Å²) < 4.78 is 5.77. The number of nitrogens with zero attached hydrogens (tertiary/aromatic N) is 3. The Balaban J connectivity index is 1.27. The third-order valence-electron chi connectivity index (χ3n) is 9.35. The molecule has 10 nitrogen and oxygen atoms in total. The van der Waals surface area contributed by atoms with E-state index in [1.807, 2.05) is 43.9 Å². The monoisotopic (exact) mass is 631 g/mol. The average Bonchev–Trinajstić information content (AvgIpc) is 3.54. The van der Waals surface area contributed by atoms with Gasteiger partial charge in [-0.05, 0) is 76.1 Å². The van der Waals surface area contributed by atoms with Gasteiger partial charge in [-0.3, -0.25) is 19.2 Å². The van der Waals surface area contributed by atoms with E-state index in [0.717, 1.165) is 38.8 Å². The summed E-state index contributed by atoms with van der Waals surface area (Å²) in [5, 5.41) is 5.92. The molecule has 10 heteroatoms. The summed E-state index contributed by atoms with van der Waals surface area (Å²) in [4.78, 5) is 60.3. The molecule has 0 radical (unpaired) electrons. The van der Waals surface area contributed by atoms with E-state index in [2.05, 4.69) is 34.7 Å². The van der Waals surface area contributed by atoms with E-state index in [4.69, 9.17) is 4.74 Å². The van der Waals surface area contributed by atoms with Crippen LogP contribution in [0.15, 0.2) is 54.6 Å². The number of para-hydroxylation sites is 1. The van der Waals surface area contributed by atoms with Crippen molar-refractivity contribution in [2.45, 2.75) is 83.0 Å². The minimum atomic E-state index is -0.806. The first-order valence-electron chi connectivity index (χ1n) is 16.7. The first kappa shape index (κ1) is 33.4. The van der Waals surface area contributed by atoms with Crippen LogP contribution in [0.5, 0.6) is 5.75 Å². The molecule has 0 aromatic heterocycles. The highest BCUT2D eigenvalue weighted by molar-refractivity contribution is 6.00. The Kier molecular flexibility index (Phi) is 10.7. The van der Waals surface area contributed by atoms with Crippen molar-refractivity contribution in [3.63, 3.8) is 0 Å². The number of rotatable bonds is 12. The van der Waals surface area contributed by atoms with E-state index in [0.29, 0.717) is 25.9 Å². The number of benzene rings is 2. The summed E-state index contributed by atoms with van der Waals surface area (Å²) in [5.74, 6) is -0.528. The molecule has 3 aliphatic rings. The fourth-order valence-corrected chi connectivity index (χ4v) is 6.58. The molecule has 0 unspecified atom stereocenters. The Morgan fingerprint density at radius 2 is 1.67 bits per heavy atom. The molecule has 1 saturated carbocycles. The number of ether oxygens (including phenoxy) is 1. The first-order chi connectivity index (χ1) is 22.0. The van der Waals surface area contributed by atoms with Crippen LogP contribution in [-0.4, -0.2) is 102 Å². The fourth-order valence-electron chi connectivity index (χ4n) is 6.58. The van der Waals surface area contributed by atoms with Crippen molar-refractivity contribution in [2.24, 2.45) is 5.92 Å². The number of likely N-dealkylation sites (tertiary alicyclic amines) is 1. The lowest BCUT2D eigenvalue weighted by Crippen LogP contribution is -2.60. The van der Waals surface area contributed by atoms with E-state index in [1.54, 1.807) is 29.2 Å². The van der Waals surface area contributed by atoms with Crippen molar-refractivity contribution < 1.29 is 23.9 Å². The van der Waals surface area contributed by atoms with Crippen LogP contribution in [0.2, 0.25) is 0 Å². The number of hydrogen-bond acceptors (Lipinski definition) is 6. The normalized spacial score (nSPS) is 21.5. The van der Waals surface area contributed by atoms with Gasteiger partial charge in [0.25, 0.3) is 11.8 Å². The standard InChI is InChI=1S/C36H49N5O5/c1-25(2)21-29(37-33(43)28-13-8-9-15-31(28)46-24-32(42)38-36(3)16-17-36)34(44)41-18-10-14-30(41)35(45)40-20-19-39(4)23-27(40)22-26-11-6-5-7-12-26/h5-9,11-13,15,25,27,29-30H,10,14,16-24H2,1-4H3,(H,37,43)(H,38,42)/t27-,29-,30-/m1/s1. The Labute approximate surface area is 272 Å². The maximum Gasteiger partial charge on any atom is 0.258 e. The highest BCUT2D eigenvalue weighted by Gasteiger charge is 2.42. The topological polar surface area (TPSA) is 111 Å². The van der Waals surface area contributed by atoms with Crippen LogP contribution in [0, 0.1) is 5.92 Å². The van der Waals surface area contributed by atoms with Crippen LogP contribution in [-0.2, 0) is 20.8 Å². The van der Waals surface area contributed by atoms with Gasteiger partial charge in [0.2, 0.25) is 11.8 Å². The Morgan fingerprint density at radius 1 is 0.957 bits per heavy atom. The van der Waals surface area contributed by atoms with Gasteiger partial charge in [-0.25, -0.2) is 0 Å². The number of carbonyl (C=O) groups excluding carboxylic acids is 4. The third-order valence-corrected chi connectivity index (χ3v) is 9.35. The van der Waals surface area contributed by atoms with E-state index >= 15 is 0 Å². The lowest BCUT2D eigenvalue weighted by Gasteiger charge is -2.42. The minimum Gasteiger partial charge on any atom is -0.483 e. The molecule has 0 spiro atoms. The molecule has 3 fully saturated rings. The lowest BCUT2D eigenvalue weighted by molar-refractivity contribution is -0.148. The smallest absolute Gasteiger partial charge is 0.258 e. The van der Waals surface area contributed by atoms with Crippen LogP contribution >= 0.6 is 0 Å². The first-order valence-corrected chi connectivity index (χ1v) is 16.7. The summed E-state index contributed by atoms with van der Waals surface area (Å²) >= 11 is 0. The molecular weight excluding hydrogens is 582 g/mol. The molecule has 2 saturated heterocycles. The van der Waals surface area contributed by atoms with Crippen molar-refractivity contribution >= 4 is 23.6 Å². The van der Waals surface area contributed by atoms with Crippen LogP contribution in [0.1, 0.15) is 68.8 Å². The van der Waals surface area contributed by atoms with E-state index in [-0.39, 0.29) is 53.1 Å². The van der Waals surface area contributed by atoms with Crippen LogP contribution < -0.4 is 15.4 Å². The van der Waals surface area contributed by atoms with Gasteiger partial charge in [0, 0.05) is 37.8 Å². The van der Waals surface area contributed by atoms with E-state index < -0.39 is 18.0 Å². The van der Waals surface area contributed by atoms with E-state index in [1.165, 1.54) is 5.56 Å². The van der Waals surface area contributed by atoms with Crippen molar-refractivity contribution in [1.29, 1.82) is 0 Å². The maximum atomic E-state index is 14.2. The molecule has 3 atom stereocenters. The number of amides is 4. The molecule has 5 rings (SSSR count). The molecule has 1 aliphatic carbocycles. The van der Waals surface area contributed by atoms with Gasteiger partial charge < -0.3 is 30.1 Å². The predicted molar refractivity (Wildman–Crippen MR) is 176 cm³/mol. The number of carbonyl (C=O) groups is 4. The highest BCUT2D eigenvalue weighted by Crippen LogP contribution is 2.34. The zero-order valence-corrected chi connectivity index (χ0v) is 27.7. The lowest BCUT2D eigenvalue weighted by atomic mass is 9.99. The molecule has 2 aromatic rings. The van der Waals surface area contributed by atoms with Gasteiger partial charge in [-0.1, -0.05) is 56.3 Å². The maximum absolute atomic E-state index is 14.2. The van der Waals surface area contributed by atoms with Gasteiger partial charge in [0.15, 0.2) is 6.61 Å². The molecule has 4 amide bonds. The Hall–Kier alpha value is -3.92. The predicted octanol–water partition coefficient (Wildman–Crippen LogP) is 3.25. The highest BCUT2D eigenvalue weighted by atomic mass is 16.5. The van der Waals surface area contributed by atoms with Crippen LogP contribution in [0.25, 0.3) is 0 Å². The number of piperazine rings is 1. The van der Waals surface area contributed by atoms with Gasteiger partial charge >= 0.3 is 0 Å². The van der Waals surface area contributed by atoms with Gasteiger partial charge in [0.1, 0.15) is 17.8 Å². The van der Waals surface area contributed by atoms with Crippen LogP contribution in [0.3, 0.4) is 0 Å². The quantitative estimate of drug-likeness (QED) is 0.372. The van der Waals surface area contributed by atoms with E-state index in [9.17, 15) is 19.2 Å². The van der Waals surface area contributed by atoms with Crippen molar-refractivity contribution in [1.82, 2.24) is 25.3 Å². The number of nitrogens with one attached hydrogen (secondary N) is 2. The molecular formula is C36H49N5O5.